The Morgan fingerprint density at radius 2 is 2.00 bits per heavy atom. The molecule has 1 fully saturated rings. The first-order valence-electron chi connectivity index (χ1n) is 6.97. The normalized spacial score (nSPS) is 18.0. The van der Waals surface area contributed by atoms with E-state index in [9.17, 15) is 14.4 Å². The Morgan fingerprint density at radius 1 is 1.32 bits per heavy atom. The van der Waals surface area contributed by atoms with Gasteiger partial charge in [-0.3, -0.25) is 14.4 Å². The Hall–Kier alpha value is -2.41. The van der Waals surface area contributed by atoms with Crippen molar-refractivity contribution in [3.8, 4) is 0 Å². The number of hydrogen-bond donors (Lipinski definition) is 2. The van der Waals surface area contributed by atoms with Crippen LogP contribution in [0.15, 0.2) is 24.3 Å². The van der Waals surface area contributed by atoms with E-state index in [2.05, 4.69) is 10.6 Å². The zero-order valence-corrected chi connectivity index (χ0v) is 12.6. The zero-order valence-electron chi connectivity index (χ0n) is 12.6. The summed E-state index contributed by atoms with van der Waals surface area (Å²) in [6.45, 7) is 2.26. The predicted octanol–water partition coefficient (Wildman–Crippen LogP) is 0.232. The maximum absolute atomic E-state index is 12.0. The maximum atomic E-state index is 12.0. The number of amides is 3. The molecule has 1 aromatic rings. The lowest BCUT2D eigenvalue weighted by Gasteiger charge is -2.29. The van der Waals surface area contributed by atoms with Crippen LogP contribution >= 0.6 is 0 Å². The fourth-order valence-corrected chi connectivity index (χ4v) is 2.10. The van der Waals surface area contributed by atoms with Crippen LogP contribution in [0.1, 0.15) is 17.3 Å². The summed E-state index contributed by atoms with van der Waals surface area (Å²) >= 11 is 0. The number of benzene rings is 1. The molecule has 7 heteroatoms. The van der Waals surface area contributed by atoms with Gasteiger partial charge in [0.15, 0.2) is 0 Å². The van der Waals surface area contributed by atoms with Gasteiger partial charge in [-0.05, 0) is 24.3 Å². The maximum Gasteiger partial charge on any atom is 0.251 e. The predicted molar refractivity (Wildman–Crippen MR) is 80.5 cm³/mol. The van der Waals surface area contributed by atoms with Crippen molar-refractivity contribution in [1.29, 1.82) is 0 Å². The number of nitrogens with one attached hydrogen (secondary N) is 2. The van der Waals surface area contributed by atoms with E-state index in [1.807, 2.05) is 0 Å². The van der Waals surface area contributed by atoms with Crippen molar-refractivity contribution in [2.75, 3.05) is 32.1 Å². The van der Waals surface area contributed by atoms with Gasteiger partial charge in [-0.15, -0.1) is 0 Å². The molecule has 1 saturated heterocycles. The highest BCUT2D eigenvalue weighted by Gasteiger charge is 2.23. The van der Waals surface area contributed by atoms with Gasteiger partial charge in [-0.1, -0.05) is 0 Å². The molecule has 7 nitrogen and oxygen atoms in total. The van der Waals surface area contributed by atoms with E-state index < -0.39 is 0 Å². The van der Waals surface area contributed by atoms with Gasteiger partial charge in [0.25, 0.3) is 5.91 Å². The van der Waals surface area contributed by atoms with Crippen molar-refractivity contribution in [1.82, 2.24) is 10.2 Å². The third-order valence-corrected chi connectivity index (χ3v) is 3.30. The Balaban J connectivity index is 1.84. The van der Waals surface area contributed by atoms with Crippen molar-refractivity contribution >= 4 is 23.4 Å². The lowest BCUT2D eigenvalue weighted by atomic mass is 10.2. The van der Waals surface area contributed by atoms with Crippen molar-refractivity contribution in [3.05, 3.63) is 29.8 Å². The molecule has 2 N–H and O–H groups in total. The Labute approximate surface area is 128 Å². The van der Waals surface area contributed by atoms with Crippen LogP contribution in [0.3, 0.4) is 0 Å². The molecule has 0 radical (unpaired) electrons. The lowest BCUT2D eigenvalue weighted by Crippen LogP contribution is -2.48. The summed E-state index contributed by atoms with van der Waals surface area (Å²) in [7, 11) is 1.71. The summed E-state index contributed by atoms with van der Waals surface area (Å²) in [6.07, 6.45) is -0.203. The molecule has 1 unspecified atom stereocenters. The Kier molecular flexibility index (Phi) is 5.11. The number of nitrogens with zero attached hydrogens (tertiary/aromatic N) is 1. The minimum atomic E-state index is -0.225. The molecule has 0 spiro atoms. The number of anilines is 1. The molecule has 118 valence electrons. The van der Waals surface area contributed by atoms with Crippen molar-refractivity contribution in [3.63, 3.8) is 0 Å². The fourth-order valence-electron chi connectivity index (χ4n) is 2.10. The van der Waals surface area contributed by atoms with E-state index in [1.54, 1.807) is 36.2 Å². The topological polar surface area (TPSA) is 87.7 Å². The minimum absolute atomic E-state index is 0.0441. The fraction of sp³-hybridized carbons (Fsp3) is 0.400. The third-order valence-electron chi connectivity index (χ3n) is 3.30. The van der Waals surface area contributed by atoms with E-state index >= 15 is 0 Å². The van der Waals surface area contributed by atoms with Gasteiger partial charge in [0.05, 0.1) is 6.10 Å². The van der Waals surface area contributed by atoms with Crippen molar-refractivity contribution < 1.29 is 19.1 Å². The molecule has 1 aromatic carbocycles. The van der Waals surface area contributed by atoms with Crippen LogP contribution in [0.5, 0.6) is 0 Å². The van der Waals surface area contributed by atoms with Crippen LogP contribution in [-0.4, -0.2) is 55.5 Å². The summed E-state index contributed by atoms with van der Waals surface area (Å²) in [5.74, 6) is -0.445. The molecule has 1 aliphatic rings. The first kappa shape index (κ1) is 16.0. The second-order valence-electron chi connectivity index (χ2n) is 5.18. The van der Waals surface area contributed by atoms with Crippen LogP contribution in [-0.2, 0) is 14.3 Å². The highest BCUT2D eigenvalue weighted by Crippen LogP contribution is 2.10. The second-order valence-corrected chi connectivity index (χ2v) is 5.18. The van der Waals surface area contributed by atoms with E-state index in [-0.39, 0.29) is 30.4 Å². The minimum Gasteiger partial charge on any atom is -0.365 e. The third kappa shape index (κ3) is 4.29. The SMILES string of the molecule is CC(=O)Nc1ccc(C(=O)NCC2CN(C)C(=O)CO2)cc1. The smallest absolute Gasteiger partial charge is 0.251 e. The van der Waals surface area contributed by atoms with Crippen LogP contribution in [0, 0.1) is 0 Å². The molecular formula is C15H19N3O4. The van der Waals surface area contributed by atoms with Crippen LogP contribution in [0.2, 0.25) is 0 Å². The molecule has 1 atom stereocenters. The van der Waals surface area contributed by atoms with E-state index in [1.165, 1.54) is 6.92 Å². The van der Waals surface area contributed by atoms with Gasteiger partial charge in [0.1, 0.15) is 6.61 Å². The van der Waals surface area contributed by atoms with Gasteiger partial charge in [0.2, 0.25) is 11.8 Å². The summed E-state index contributed by atoms with van der Waals surface area (Å²) in [5, 5.41) is 5.41. The highest BCUT2D eigenvalue weighted by molar-refractivity contribution is 5.95. The van der Waals surface area contributed by atoms with Crippen LogP contribution in [0.4, 0.5) is 5.69 Å². The number of morpholine rings is 1. The molecule has 1 heterocycles. The van der Waals surface area contributed by atoms with Gasteiger partial charge < -0.3 is 20.3 Å². The Morgan fingerprint density at radius 3 is 2.59 bits per heavy atom. The zero-order chi connectivity index (χ0) is 16.1. The average Bonchev–Trinajstić information content (AvgIpc) is 2.48. The molecule has 3 amide bonds. The quantitative estimate of drug-likeness (QED) is 0.833. The molecule has 0 aliphatic carbocycles. The van der Waals surface area contributed by atoms with Gasteiger partial charge >= 0.3 is 0 Å². The molecule has 0 bridgehead atoms. The van der Waals surface area contributed by atoms with Gasteiger partial charge in [-0.2, -0.15) is 0 Å². The van der Waals surface area contributed by atoms with E-state index in [0.717, 1.165) is 0 Å². The molecule has 1 aliphatic heterocycles. The van der Waals surface area contributed by atoms with Crippen molar-refractivity contribution in [2.24, 2.45) is 0 Å². The summed E-state index contributed by atoms with van der Waals surface area (Å²) in [5.41, 5.74) is 1.13. The first-order chi connectivity index (χ1) is 10.5. The van der Waals surface area contributed by atoms with Gasteiger partial charge in [0, 0.05) is 38.3 Å². The molecule has 0 saturated carbocycles. The van der Waals surface area contributed by atoms with E-state index in [0.29, 0.717) is 24.3 Å². The van der Waals surface area contributed by atoms with Crippen LogP contribution in [0.25, 0.3) is 0 Å². The first-order valence-corrected chi connectivity index (χ1v) is 6.97. The lowest BCUT2D eigenvalue weighted by molar-refractivity contribution is -0.146. The second kappa shape index (κ2) is 7.04. The number of carbonyl (C=O) groups is 3. The summed E-state index contributed by atoms with van der Waals surface area (Å²) < 4.78 is 5.36. The van der Waals surface area contributed by atoms with Crippen molar-refractivity contribution in [2.45, 2.75) is 13.0 Å². The molecule has 0 aromatic heterocycles. The summed E-state index contributed by atoms with van der Waals surface area (Å²) in [4.78, 5) is 35.8. The molecule has 22 heavy (non-hydrogen) atoms. The summed E-state index contributed by atoms with van der Waals surface area (Å²) in [6, 6.07) is 6.61. The van der Waals surface area contributed by atoms with E-state index in [4.69, 9.17) is 4.74 Å². The highest BCUT2D eigenvalue weighted by atomic mass is 16.5. The number of likely N-dealkylation sites (N-methyl/N-ethyl adjacent to an activating group) is 1. The number of hydrogen-bond acceptors (Lipinski definition) is 4. The average molecular weight is 305 g/mol. The van der Waals surface area contributed by atoms with Gasteiger partial charge in [-0.25, -0.2) is 0 Å². The Bertz CT molecular complexity index is 571. The monoisotopic (exact) mass is 305 g/mol. The molecular weight excluding hydrogens is 286 g/mol. The van der Waals surface area contributed by atoms with Crippen LogP contribution < -0.4 is 10.6 Å². The standard InChI is InChI=1S/C15H19N3O4/c1-10(19)17-12-5-3-11(4-6-12)15(21)16-7-13-8-18(2)14(20)9-22-13/h3-6,13H,7-9H2,1-2H3,(H,16,21)(H,17,19). The largest absolute Gasteiger partial charge is 0.365 e. The number of ether oxygens (including phenoxy) is 1. The number of carbonyl (C=O) groups excluding carboxylic acids is 3. The molecule has 2 rings (SSSR count). The number of rotatable bonds is 4.